The number of carbonyl (C=O) groups excluding carboxylic acids is 3. The van der Waals surface area contributed by atoms with Crippen LogP contribution in [0.4, 0.5) is 0 Å². The van der Waals surface area contributed by atoms with Crippen LogP contribution in [0.2, 0.25) is 0 Å². The molecule has 120 valence electrons. The molecule has 0 saturated carbocycles. The lowest BCUT2D eigenvalue weighted by Crippen LogP contribution is -2.32. The minimum absolute atomic E-state index is 0.0265. The van der Waals surface area contributed by atoms with Crippen LogP contribution in [0.15, 0.2) is 12.2 Å². The third kappa shape index (κ3) is 9.90. The van der Waals surface area contributed by atoms with Crippen molar-refractivity contribution in [3.8, 4) is 0 Å². The van der Waals surface area contributed by atoms with Crippen LogP contribution in [-0.2, 0) is 23.9 Å². The molecular formula is C14H22ClNO5. The molecule has 0 fully saturated rings. The van der Waals surface area contributed by atoms with Gasteiger partial charge in [0.1, 0.15) is 12.2 Å². The van der Waals surface area contributed by atoms with E-state index in [2.05, 4.69) is 11.9 Å². The van der Waals surface area contributed by atoms with Gasteiger partial charge in [0, 0.05) is 12.1 Å². The highest BCUT2D eigenvalue weighted by molar-refractivity contribution is 6.18. The van der Waals surface area contributed by atoms with Gasteiger partial charge in [0.15, 0.2) is 0 Å². The molecule has 0 saturated heterocycles. The van der Waals surface area contributed by atoms with Crippen molar-refractivity contribution in [1.29, 1.82) is 0 Å². The quantitative estimate of drug-likeness (QED) is 0.396. The summed E-state index contributed by atoms with van der Waals surface area (Å²) in [4.78, 5) is 33.9. The average Bonchev–Trinajstić information content (AvgIpc) is 2.37. The van der Waals surface area contributed by atoms with Gasteiger partial charge < -0.3 is 14.8 Å². The van der Waals surface area contributed by atoms with Crippen molar-refractivity contribution in [2.75, 3.05) is 19.0 Å². The maximum atomic E-state index is 11.5. The first-order valence-electron chi connectivity index (χ1n) is 6.55. The molecule has 0 unspecified atom stereocenters. The first kappa shape index (κ1) is 19.4. The molecule has 0 aromatic rings. The molecule has 0 aliphatic rings. The Balaban J connectivity index is 3.78. The van der Waals surface area contributed by atoms with Gasteiger partial charge in [-0.1, -0.05) is 6.58 Å². The number of alkyl halides is 1. The van der Waals surface area contributed by atoms with E-state index in [1.54, 1.807) is 13.8 Å². The fourth-order valence-electron chi connectivity index (χ4n) is 1.14. The molecule has 0 rings (SSSR count). The lowest BCUT2D eigenvalue weighted by Gasteiger charge is -2.22. The predicted molar refractivity (Wildman–Crippen MR) is 78.9 cm³/mol. The second kappa shape index (κ2) is 9.39. The monoisotopic (exact) mass is 319 g/mol. The molecular weight excluding hydrogens is 298 g/mol. The lowest BCUT2D eigenvalue weighted by atomic mass is 10.2. The van der Waals surface area contributed by atoms with Crippen molar-refractivity contribution >= 4 is 29.4 Å². The first-order valence-corrected chi connectivity index (χ1v) is 7.08. The predicted octanol–water partition coefficient (Wildman–Crippen LogP) is 1.56. The summed E-state index contributed by atoms with van der Waals surface area (Å²) in [5.41, 5.74) is -0.445. The SMILES string of the molecule is C=C(C)C(=O)OCCC(=O)NCCC(=O)OC(C)(C)CCl. The largest absolute Gasteiger partial charge is 0.462 e. The maximum Gasteiger partial charge on any atom is 0.333 e. The van der Waals surface area contributed by atoms with Gasteiger partial charge in [0.05, 0.1) is 18.7 Å². The zero-order chi connectivity index (χ0) is 16.5. The summed E-state index contributed by atoms with van der Waals surface area (Å²) in [7, 11) is 0. The number of esters is 2. The van der Waals surface area contributed by atoms with Crippen LogP contribution in [0.5, 0.6) is 0 Å². The molecule has 0 radical (unpaired) electrons. The highest BCUT2D eigenvalue weighted by atomic mass is 35.5. The zero-order valence-corrected chi connectivity index (χ0v) is 13.4. The number of ether oxygens (including phenoxy) is 2. The minimum atomic E-state index is -0.723. The van der Waals surface area contributed by atoms with Crippen molar-refractivity contribution < 1.29 is 23.9 Å². The van der Waals surface area contributed by atoms with E-state index in [-0.39, 0.29) is 43.4 Å². The molecule has 7 heteroatoms. The Morgan fingerprint density at radius 2 is 1.86 bits per heavy atom. The van der Waals surface area contributed by atoms with E-state index in [0.717, 1.165) is 0 Å². The number of amides is 1. The van der Waals surface area contributed by atoms with Crippen molar-refractivity contribution in [1.82, 2.24) is 5.32 Å². The maximum absolute atomic E-state index is 11.5. The molecule has 0 atom stereocenters. The van der Waals surface area contributed by atoms with Crippen LogP contribution in [0.1, 0.15) is 33.6 Å². The Morgan fingerprint density at radius 1 is 1.24 bits per heavy atom. The highest BCUT2D eigenvalue weighted by Crippen LogP contribution is 2.11. The molecule has 1 amide bonds. The average molecular weight is 320 g/mol. The molecule has 1 N–H and O–H groups in total. The normalized spacial score (nSPS) is 10.7. The van der Waals surface area contributed by atoms with E-state index in [1.165, 1.54) is 6.92 Å². The second-order valence-electron chi connectivity index (χ2n) is 5.13. The third-order valence-corrected chi connectivity index (χ3v) is 2.92. The summed E-state index contributed by atoms with van der Waals surface area (Å²) in [6.45, 7) is 8.48. The fourth-order valence-corrected chi connectivity index (χ4v) is 1.19. The van der Waals surface area contributed by atoms with Gasteiger partial charge in [-0.05, 0) is 20.8 Å². The van der Waals surface area contributed by atoms with E-state index in [9.17, 15) is 14.4 Å². The number of carbonyl (C=O) groups is 3. The van der Waals surface area contributed by atoms with Crippen LogP contribution in [0.3, 0.4) is 0 Å². The van der Waals surface area contributed by atoms with Gasteiger partial charge in [0.2, 0.25) is 5.91 Å². The second-order valence-corrected chi connectivity index (χ2v) is 5.40. The lowest BCUT2D eigenvalue weighted by molar-refractivity contribution is -0.154. The van der Waals surface area contributed by atoms with E-state index in [1.807, 2.05) is 0 Å². The molecule has 0 aliphatic heterocycles. The molecule has 0 aromatic heterocycles. The summed E-state index contributed by atoms with van der Waals surface area (Å²) >= 11 is 5.63. The number of hydrogen-bond acceptors (Lipinski definition) is 5. The number of rotatable bonds is 9. The van der Waals surface area contributed by atoms with Crippen LogP contribution in [0, 0.1) is 0 Å². The van der Waals surface area contributed by atoms with Crippen molar-refractivity contribution in [3.05, 3.63) is 12.2 Å². The number of hydrogen-bond donors (Lipinski definition) is 1. The molecule has 0 spiro atoms. The Morgan fingerprint density at radius 3 is 2.38 bits per heavy atom. The van der Waals surface area contributed by atoms with Gasteiger partial charge in [-0.25, -0.2) is 4.79 Å². The van der Waals surface area contributed by atoms with Crippen molar-refractivity contribution in [3.63, 3.8) is 0 Å². The van der Waals surface area contributed by atoms with Gasteiger partial charge in [-0.3, -0.25) is 9.59 Å². The number of nitrogens with one attached hydrogen (secondary N) is 1. The Labute approximate surface area is 129 Å². The van der Waals surface area contributed by atoms with Crippen LogP contribution in [-0.4, -0.2) is 42.5 Å². The van der Waals surface area contributed by atoms with Gasteiger partial charge in [0.25, 0.3) is 0 Å². The summed E-state index contributed by atoms with van der Waals surface area (Å²) in [5.74, 6) is -1.09. The summed E-state index contributed by atoms with van der Waals surface area (Å²) in [5, 5.41) is 2.53. The van der Waals surface area contributed by atoms with Crippen LogP contribution >= 0.6 is 11.6 Å². The van der Waals surface area contributed by atoms with Gasteiger partial charge in [-0.2, -0.15) is 0 Å². The Kier molecular flexibility index (Phi) is 8.69. The zero-order valence-electron chi connectivity index (χ0n) is 12.7. The minimum Gasteiger partial charge on any atom is -0.462 e. The standard InChI is InChI=1S/C14H22ClNO5/c1-10(2)13(19)20-8-6-11(17)16-7-5-12(18)21-14(3,4)9-15/h1,5-9H2,2-4H3,(H,16,17). The van der Waals surface area contributed by atoms with E-state index in [4.69, 9.17) is 21.1 Å². The smallest absolute Gasteiger partial charge is 0.333 e. The van der Waals surface area contributed by atoms with Crippen LogP contribution < -0.4 is 5.32 Å². The van der Waals surface area contributed by atoms with E-state index < -0.39 is 17.5 Å². The molecule has 0 aliphatic carbocycles. The molecule has 0 aromatic carbocycles. The molecule has 21 heavy (non-hydrogen) atoms. The summed E-state index contributed by atoms with van der Waals surface area (Å²) in [6, 6.07) is 0. The molecule has 6 nitrogen and oxygen atoms in total. The Hall–Kier alpha value is -1.56. The third-order valence-electron chi connectivity index (χ3n) is 2.27. The van der Waals surface area contributed by atoms with E-state index >= 15 is 0 Å². The summed E-state index contributed by atoms with van der Waals surface area (Å²) in [6.07, 6.45) is 0.0822. The highest BCUT2D eigenvalue weighted by Gasteiger charge is 2.21. The van der Waals surface area contributed by atoms with Crippen molar-refractivity contribution in [2.45, 2.75) is 39.2 Å². The first-order chi connectivity index (χ1) is 9.68. The summed E-state index contributed by atoms with van der Waals surface area (Å²) < 4.78 is 9.88. The topological polar surface area (TPSA) is 81.7 Å². The van der Waals surface area contributed by atoms with Gasteiger partial charge in [-0.15, -0.1) is 11.6 Å². The molecule has 0 bridgehead atoms. The number of halogens is 1. The Bertz CT molecular complexity index is 406. The van der Waals surface area contributed by atoms with Crippen LogP contribution in [0.25, 0.3) is 0 Å². The van der Waals surface area contributed by atoms with E-state index in [0.29, 0.717) is 0 Å². The van der Waals surface area contributed by atoms with Gasteiger partial charge >= 0.3 is 11.9 Å². The molecule has 0 heterocycles. The van der Waals surface area contributed by atoms with Crippen molar-refractivity contribution in [2.24, 2.45) is 0 Å². The fraction of sp³-hybridized carbons (Fsp3) is 0.643.